The van der Waals surface area contributed by atoms with E-state index in [1.165, 1.54) is 4.88 Å². The molecule has 0 radical (unpaired) electrons. The molecular formula is C11H13N3OS. The molecule has 0 aromatic carbocycles. The van der Waals surface area contributed by atoms with Crippen LogP contribution in [0.3, 0.4) is 0 Å². The van der Waals surface area contributed by atoms with E-state index in [2.05, 4.69) is 9.97 Å². The highest BCUT2D eigenvalue weighted by Gasteiger charge is 2.24. The molecule has 2 aromatic heterocycles. The number of nitrogens with zero attached hydrogens (tertiary/aromatic N) is 3. The van der Waals surface area contributed by atoms with Crippen LogP contribution in [0.2, 0.25) is 0 Å². The number of thiazole rings is 1. The first kappa shape index (κ1) is 9.99. The molecule has 0 fully saturated rings. The van der Waals surface area contributed by atoms with E-state index in [0.29, 0.717) is 0 Å². The van der Waals surface area contributed by atoms with Crippen molar-refractivity contribution in [2.45, 2.75) is 25.4 Å². The van der Waals surface area contributed by atoms with Crippen molar-refractivity contribution in [2.75, 3.05) is 0 Å². The van der Waals surface area contributed by atoms with Crippen molar-refractivity contribution in [1.82, 2.24) is 14.5 Å². The van der Waals surface area contributed by atoms with Crippen LogP contribution in [0.15, 0.2) is 12.4 Å². The molecule has 0 saturated heterocycles. The molecule has 16 heavy (non-hydrogen) atoms. The van der Waals surface area contributed by atoms with Gasteiger partial charge in [-0.3, -0.25) is 0 Å². The van der Waals surface area contributed by atoms with Gasteiger partial charge in [-0.25, -0.2) is 9.97 Å². The van der Waals surface area contributed by atoms with Gasteiger partial charge in [0.1, 0.15) is 0 Å². The average molecular weight is 235 g/mol. The third-order valence-corrected chi connectivity index (χ3v) is 4.06. The molecule has 4 nitrogen and oxygen atoms in total. The number of hydrogen-bond donors (Lipinski definition) is 1. The van der Waals surface area contributed by atoms with E-state index >= 15 is 0 Å². The SMILES string of the molecule is Cn1ccnc1-c1nc2c(s1)CCCC2O. The Morgan fingerprint density at radius 3 is 3.12 bits per heavy atom. The maximum atomic E-state index is 9.86. The quantitative estimate of drug-likeness (QED) is 0.821. The average Bonchev–Trinajstić information content (AvgIpc) is 2.84. The Morgan fingerprint density at radius 2 is 2.44 bits per heavy atom. The zero-order valence-corrected chi connectivity index (χ0v) is 9.87. The summed E-state index contributed by atoms with van der Waals surface area (Å²) in [5.74, 6) is 0.881. The van der Waals surface area contributed by atoms with Crippen LogP contribution in [0.4, 0.5) is 0 Å². The van der Waals surface area contributed by atoms with E-state index in [1.54, 1.807) is 17.5 Å². The number of imidazole rings is 1. The van der Waals surface area contributed by atoms with Gasteiger partial charge in [0.15, 0.2) is 10.8 Å². The summed E-state index contributed by atoms with van der Waals surface area (Å²) in [4.78, 5) is 10.0. The molecule has 0 amide bonds. The molecular weight excluding hydrogens is 222 g/mol. The Hall–Kier alpha value is -1.20. The Balaban J connectivity index is 2.08. The molecule has 1 unspecified atom stereocenters. The number of hydrogen-bond acceptors (Lipinski definition) is 4. The third-order valence-electron chi connectivity index (χ3n) is 2.94. The Kier molecular flexibility index (Phi) is 2.29. The van der Waals surface area contributed by atoms with Gasteiger partial charge in [-0.1, -0.05) is 0 Å². The van der Waals surface area contributed by atoms with Crippen LogP contribution in [-0.4, -0.2) is 19.6 Å². The molecule has 3 rings (SSSR count). The molecule has 1 N–H and O–H groups in total. The van der Waals surface area contributed by atoms with E-state index in [0.717, 1.165) is 35.8 Å². The minimum absolute atomic E-state index is 0.381. The lowest BCUT2D eigenvalue weighted by molar-refractivity contribution is 0.153. The smallest absolute Gasteiger partial charge is 0.168 e. The lowest BCUT2D eigenvalue weighted by atomic mass is 10.0. The first-order valence-electron chi connectivity index (χ1n) is 5.41. The predicted molar refractivity (Wildman–Crippen MR) is 62.2 cm³/mol. The summed E-state index contributed by atoms with van der Waals surface area (Å²) in [5.41, 5.74) is 0.870. The van der Waals surface area contributed by atoms with Crippen molar-refractivity contribution in [1.29, 1.82) is 0 Å². The number of rotatable bonds is 1. The summed E-state index contributed by atoms with van der Waals surface area (Å²) in [5, 5.41) is 10.8. The Labute approximate surface area is 97.6 Å². The van der Waals surface area contributed by atoms with E-state index in [9.17, 15) is 5.11 Å². The minimum Gasteiger partial charge on any atom is -0.387 e. The standard InChI is InChI=1S/C11H13N3OS/c1-14-6-5-12-10(14)11-13-9-7(15)3-2-4-8(9)16-11/h5-7,15H,2-4H2,1H3. The predicted octanol–water partition coefficient (Wildman–Crippen LogP) is 1.91. The van der Waals surface area contributed by atoms with Crippen LogP contribution in [0.5, 0.6) is 0 Å². The number of aromatic nitrogens is 3. The van der Waals surface area contributed by atoms with Crippen molar-refractivity contribution < 1.29 is 5.11 Å². The van der Waals surface area contributed by atoms with Crippen molar-refractivity contribution >= 4 is 11.3 Å². The molecule has 84 valence electrons. The van der Waals surface area contributed by atoms with E-state index < -0.39 is 0 Å². The maximum Gasteiger partial charge on any atom is 0.168 e. The normalized spacial score (nSPS) is 19.8. The van der Waals surface area contributed by atoms with Crippen LogP contribution in [0, 0.1) is 0 Å². The molecule has 2 heterocycles. The third kappa shape index (κ3) is 1.47. The van der Waals surface area contributed by atoms with Gasteiger partial charge >= 0.3 is 0 Å². The zero-order chi connectivity index (χ0) is 11.1. The van der Waals surface area contributed by atoms with Gasteiger partial charge in [0, 0.05) is 24.3 Å². The van der Waals surface area contributed by atoms with Crippen LogP contribution in [0.1, 0.15) is 29.5 Å². The second-order valence-electron chi connectivity index (χ2n) is 4.10. The summed E-state index contributed by atoms with van der Waals surface area (Å²) in [6.07, 6.45) is 6.22. The minimum atomic E-state index is -0.381. The Bertz CT molecular complexity index is 517. The highest BCUT2D eigenvalue weighted by atomic mass is 32.1. The lowest BCUT2D eigenvalue weighted by Gasteiger charge is -2.14. The number of aryl methyl sites for hydroxylation is 2. The fraction of sp³-hybridized carbons (Fsp3) is 0.455. The highest BCUT2D eigenvalue weighted by molar-refractivity contribution is 7.15. The second-order valence-corrected chi connectivity index (χ2v) is 5.18. The summed E-state index contributed by atoms with van der Waals surface area (Å²) in [6.45, 7) is 0. The summed E-state index contributed by atoms with van der Waals surface area (Å²) in [7, 11) is 1.96. The Morgan fingerprint density at radius 1 is 1.56 bits per heavy atom. The van der Waals surface area contributed by atoms with Gasteiger partial charge in [0.2, 0.25) is 0 Å². The molecule has 2 aromatic rings. The van der Waals surface area contributed by atoms with E-state index in [1.807, 2.05) is 17.8 Å². The van der Waals surface area contributed by atoms with Crippen molar-refractivity contribution in [3.63, 3.8) is 0 Å². The first-order chi connectivity index (χ1) is 7.75. The van der Waals surface area contributed by atoms with Gasteiger partial charge in [-0.05, 0) is 19.3 Å². The van der Waals surface area contributed by atoms with Gasteiger partial charge in [-0.15, -0.1) is 11.3 Å². The first-order valence-corrected chi connectivity index (χ1v) is 6.22. The van der Waals surface area contributed by atoms with Gasteiger partial charge in [-0.2, -0.15) is 0 Å². The van der Waals surface area contributed by atoms with Gasteiger partial charge in [0.05, 0.1) is 11.8 Å². The summed E-state index contributed by atoms with van der Waals surface area (Å²) in [6, 6.07) is 0. The molecule has 1 aliphatic rings. The molecule has 1 atom stereocenters. The molecule has 0 saturated carbocycles. The van der Waals surface area contributed by atoms with Gasteiger partial charge < -0.3 is 9.67 Å². The summed E-state index contributed by atoms with van der Waals surface area (Å²) >= 11 is 1.66. The lowest BCUT2D eigenvalue weighted by Crippen LogP contribution is -2.07. The van der Waals surface area contributed by atoms with Crippen LogP contribution >= 0.6 is 11.3 Å². The molecule has 0 aliphatic heterocycles. The van der Waals surface area contributed by atoms with Crippen LogP contribution in [-0.2, 0) is 13.5 Å². The molecule has 0 spiro atoms. The van der Waals surface area contributed by atoms with Gasteiger partial charge in [0.25, 0.3) is 0 Å². The maximum absolute atomic E-state index is 9.86. The monoisotopic (exact) mass is 235 g/mol. The number of fused-ring (bicyclic) bond motifs is 1. The van der Waals surface area contributed by atoms with Crippen LogP contribution < -0.4 is 0 Å². The molecule has 1 aliphatic carbocycles. The number of aliphatic hydroxyl groups excluding tert-OH is 1. The van der Waals surface area contributed by atoms with E-state index in [4.69, 9.17) is 0 Å². The van der Waals surface area contributed by atoms with Crippen molar-refractivity contribution in [3.05, 3.63) is 23.0 Å². The van der Waals surface area contributed by atoms with E-state index in [-0.39, 0.29) is 6.10 Å². The van der Waals surface area contributed by atoms with Crippen LogP contribution in [0.25, 0.3) is 10.8 Å². The molecule has 5 heteroatoms. The molecule has 0 bridgehead atoms. The second kappa shape index (κ2) is 3.68. The fourth-order valence-corrected chi connectivity index (χ4v) is 3.26. The number of aliphatic hydroxyl groups is 1. The zero-order valence-electron chi connectivity index (χ0n) is 9.05. The van der Waals surface area contributed by atoms with Crippen molar-refractivity contribution in [3.8, 4) is 10.8 Å². The largest absolute Gasteiger partial charge is 0.387 e. The fourth-order valence-electron chi connectivity index (χ4n) is 2.06. The summed E-state index contributed by atoms with van der Waals surface area (Å²) < 4.78 is 1.96. The topological polar surface area (TPSA) is 50.9 Å². The van der Waals surface area contributed by atoms with Crippen molar-refractivity contribution in [2.24, 2.45) is 7.05 Å². The highest BCUT2D eigenvalue weighted by Crippen LogP contribution is 2.36.